The van der Waals surface area contributed by atoms with Crippen LogP contribution in [0.2, 0.25) is 0 Å². The largest absolute Gasteiger partial charge is 0.481 e. The second-order valence-electron chi connectivity index (χ2n) is 6.53. The highest BCUT2D eigenvalue weighted by atomic mass is 16.4. The summed E-state index contributed by atoms with van der Waals surface area (Å²) in [5.74, 6) is -1.52. The van der Waals surface area contributed by atoms with Gasteiger partial charge in [0.05, 0.1) is 23.1 Å². The summed E-state index contributed by atoms with van der Waals surface area (Å²) in [4.78, 5) is 42.1. The molecule has 0 bridgehead atoms. The Labute approximate surface area is 144 Å². The molecule has 0 spiro atoms. The molecule has 0 aliphatic carbocycles. The number of hydrogen-bond donors (Lipinski definition) is 1. The number of para-hydroxylation sites is 1. The summed E-state index contributed by atoms with van der Waals surface area (Å²) in [5.41, 5.74) is 1.44. The summed E-state index contributed by atoms with van der Waals surface area (Å²) in [7, 11) is 0. The van der Waals surface area contributed by atoms with E-state index in [1.54, 1.807) is 17.9 Å². The molecule has 2 unspecified atom stereocenters. The molecule has 1 aliphatic rings. The highest BCUT2D eigenvalue weighted by Gasteiger charge is 2.37. The van der Waals surface area contributed by atoms with Crippen LogP contribution in [0.5, 0.6) is 0 Å². The molecule has 1 aliphatic heterocycles. The molecule has 2 aromatic rings. The number of hydrogen-bond acceptors (Lipinski definition) is 4. The standard InChI is InChI=1S/C18H21N3O4/c1-11-4-3-5-14-16(11)19-10-20(17(14)23)8-7-15(22)21-9-6-13(12(21)2)18(24)25/h3-5,10,12-13H,6-9H2,1-2H3,(H,24,25). The highest BCUT2D eigenvalue weighted by Crippen LogP contribution is 2.25. The predicted molar refractivity (Wildman–Crippen MR) is 92.3 cm³/mol. The first-order valence-corrected chi connectivity index (χ1v) is 8.37. The van der Waals surface area contributed by atoms with E-state index in [-0.39, 0.29) is 30.5 Å². The summed E-state index contributed by atoms with van der Waals surface area (Å²) in [5, 5.41) is 9.70. The van der Waals surface area contributed by atoms with Crippen LogP contribution in [-0.2, 0) is 16.1 Å². The van der Waals surface area contributed by atoms with Gasteiger partial charge in [-0.15, -0.1) is 0 Å². The first kappa shape index (κ1) is 17.1. The molecule has 132 valence electrons. The third kappa shape index (κ3) is 3.14. The monoisotopic (exact) mass is 343 g/mol. The molecule has 25 heavy (non-hydrogen) atoms. The second kappa shape index (κ2) is 6.66. The van der Waals surface area contributed by atoms with Gasteiger partial charge in [-0.3, -0.25) is 19.0 Å². The Morgan fingerprint density at radius 1 is 1.36 bits per heavy atom. The third-order valence-electron chi connectivity index (χ3n) is 5.01. The van der Waals surface area contributed by atoms with Crippen LogP contribution in [0.15, 0.2) is 29.3 Å². The number of aryl methyl sites for hydroxylation is 2. The van der Waals surface area contributed by atoms with E-state index in [9.17, 15) is 14.4 Å². The molecule has 1 amide bonds. The molecule has 2 atom stereocenters. The average Bonchev–Trinajstić information content (AvgIpc) is 2.96. The topological polar surface area (TPSA) is 92.5 Å². The number of rotatable bonds is 4. The van der Waals surface area contributed by atoms with Crippen LogP contribution in [0.25, 0.3) is 10.9 Å². The maximum atomic E-state index is 12.5. The van der Waals surface area contributed by atoms with Crippen LogP contribution in [-0.4, -0.2) is 44.0 Å². The summed E-state index contributed by atoms with van der Waals surface area (Å²) >= 11 is 0. The lowest BCUT2D eigenvalue weighted by Crippen LogP contribution is -2.38. The normalized spacial score (nSPS) is 20.2. The van der Waals surface area contributed by atoms with Crippen LogP contribution in [0.1, 0.15) is 25.3 Å². The highest BCUT2D eigenvalue weighted by molar-refractivity contribution is 5.81. The van der Waals surface area contributed by atoms with E-state index in [1.165, 1.54) is 10.9 Å². The zero-order valence-electron chi connectivity index (χ0n) is 14.3. The molecule has 7 nitrogen and oxygen atoms in total. The molecule has 0 saturated carbocycles. The van der Waals surface area contributed by atoms with Gasteiger partial charge < -0.3 is 10.0 Å². The maximum absolute atomic E-state index is 12.5. The first-order valence-electron chi connectivity index (χ1n) is 8.37. The first-order chi connectivity index (χ1) is 11.9. The molecule has 1 saturated heterocycles. The quantitative estimate of drug-likeness (QED) is 0.906. The number of carboxylic acids is 1. The smallest absolute Gasteiger partial charge is 0.308 e. The van der Waals surface area contributed by atoms with Crippen molar-refractivity contribution in [3.63, 3.8) is 0 Å². The number of amides is 1. The van der Waals surface area contributed by atoms with Crippen molar-refractivity contribution in [2.24, 2.45) is 5.92 Å². The van der Waals surface area contributed by atoms with Crippen molar-refractivity contribution in [3.05, 3.63) is 40.4 Å². The minimum atomic E-state index is -0.867. The van der Waals surface area contributed by atoms with Crippen molar-refractivity contribution in [3.8, 4) is 0 Å². The molecule has 3 rings (SSSR count). The number of carbonyl (C=O) groups is 2. The van der Waals surface area contributed by atoms with Gasteiger partial charge in [-0.05, 0) is 31.9 Å². The Kier molecular flexibility index (Phi) is 4.57. The summed E-state index contributed by atoms with van der Waals surface area (Å²) in [6, 6.07) is 5.12. The van der Waals surface area contributed by atoms with Gasteiger partial charge in [-0.25, -0.2) is 4.98 Å². The number of likely N-dealkylation sites (tertiary alicyclic amines) is 1. The molecular formula is C18H21N3O4. The van der Waals surface area contributed by atoms with Crippen molar-refractivity contribution in [2.45, 2.75) is 39.3 Å². The van der Waals surface area contributed by atoms with Gasteiger partial charge in [0.25, 0.3) is 5.56 Å². The molecule has 0 radical (unpaired) electrons. The second-order valence-corrected chi connectivity index (χ2v) is 6.53. The lowest BCUT2D eigenvalue weighted by molar-refractivity contribution is -0.143. The lowest BCUT2D eigenvalue weighted by Gasteiger charge is -2.23. The van der Waals surface area contributed by atoms with Crippen molar-refractivity contribution in [1.29, 1.82) is 0 Å². The summed E-state index contributed by atoms with van der Waals surface area (Å²) in [6.07, 6.45) is 2.09. The molecule has 1 N–H and O–H groups in total. The number of benzene rings is 1. The SMILES string of the molecule is Cc1cccc2c(=O)n(CCC(=O)N3CCC(C(=O)O)C3C)cnc12. The fourth-order valence-corrected chi connectivity index (χ4v) is 3.48. The lowest BCUT2D eigenvalue weighted by atomic mass is 10.0. The Morgan fingerprint density at radius 2 is 2.12 bits per heavy atom. The Bertz CT molecular complexity index is 890. The molecule has 7 heteroatoms. The van der Waals surface area contributed by atoms with E-state index < -0.39 is 11.9 Å². The van der Waals surface area contributed by atoms with E-state index in [4.69, 9.17) is 5.11 Å². The van der Waals surface area contributed by atoms with Crippen LogP contribution in [0.3, 0.4) is 0 Å². The van der Waals surface area contributed by atoms with Gasteiger partial charge in [0.1, 0.15) is 0 Å². The van der Waals surface area contributed by atoms with Gasteiger partial charge >= 0.3 is 5.97 Å². The van der Waals surface area contributed by atoms with E-state index in [2.05, 4.69) is 4.98 Å². The molecular weight excluding hydrogens is 322 g/mol. The number of carboxylic acid groups (broad SMARTS) is 1. The molecule has 1 aromatic carbocycles. The van der Waals surface area contributed by atoms with Gasteiger partial charge in [0, 0.05) is 25.6 Å². The van der Waals surface area contributed by atoms with E-state index >= 15 is 0 Å². The Balaban J connectivity index is 1.73. The average molecular weight is 343 g/mol. The third-order valence-corrected chi connectivity index (χ3v) is 5.01. The van der Waals surface area contributed by atoms with E-state index in [0.717, 1.165) is 5.56 Å². The van der Waals surface area contributed by atoms with Crippen LogP contribution >= 0.6 is 0 Å². The fourth-order valence-electron chi connectivity index (χ4n) is 3.48. The summed E-state index contributed by atoms with van der Waals surface area (Å²) in [6.45, 7) is 4.34. The van der Waals surface area contributed by atoms with Crippen LogP contribution in [0.4, 0.5) is 0 Å². The minimum Gasteiger partial charge on any atom is -0.481 e. The minimum absolute atomic E-state index is 0.132. The molecule has 1 fully saturated rings. The van der Waals surface area contributed by atoms with Crippen molar-refractivity contribution in [1.82, 2.24) is 14.5 Å². The van der Waals surface area contributed by atoms with Gasteiger partial charge in [0.2, 0.25) is 5.91 Å². The number of fused-ring (bicyclic) bond motifs is 1. The molecule has 1 aromatic heterocycles. The zero-order chi connectivity index (χ0) is 18.1. The van der Waals surface area contributed by atoms with Gasteiger partial charge in [-0.2, -0.15) is 0 Å². The maximum Gasteiger partial charge on any atom is 0.308 e. The number of carbonyl (C=O) groups excluding carboxylic acids is 1. The number of nitrogens with zero attached hydrogens (tertiary/aromatic N) is 3. The number of aliphatic carboxylic acids is 1. The zero-order valence-corrected chi connectivity index (χ0v) is 14.3. The van der Waals surface area contributed by atoms with Crippen molar-refractivity contribution in [2.75, 3.05) is 6.54 Å². The molecule has 2 heterocycles. The van der Waals surface area contributed by atoms with E-state index in [0.29, 0.717) is 23.9 Å². The van der Waals surface area contributed by atoms with Gasteiger partial charge in [-0.1, -0.05) is 12.1 Å². The predicted octanol–water partition coefficient (Wildman–Crippen LogP) is 1.42. The van der Waals surface area contributed by atoms with Crippen LogP contribution < -0.4 is 5.56 Å². The summed E-state index contributed by atoms with van der Waals surface area (Å²) < 4.78 is 1.44. The van der Waals surface area contributed by atoms with Crippen molar-refractivity contribution < 1.29 is 14.7 Å². The van der Waals surface area contributed by atoms with Gasteiger partial charge in [0.15, 0.2) is 0 Å². The Hall–Kier alpha value is -2.70. The van der Waals surface area contributed by atoms with Crippen LogP contribution in [0, 0.1) is 12.8 Å². The number of aromatic nitrogens is 2. The van der Waals surface area contributed by atoms with E-state index in [1.807, 2.05) is 19.1 Å². The Morgan fingerprint density at radius 3 is 2.80 bits per heavy atom. The van der Waals surface area contributed by atoms with Crippen molar-refractivity contribution >= 4 is 22.8 Å². The fraction of sp³-hybridized carbons (Fsp3) is 0.444.